The standard InChI is InChI=1S/C15H14ClNO4S/c16-12-6-8-13(9-7-12)22(20,21)17-14(10-15(18)19)11-4-2-1-3-5-11/h1-9,14,17H,10H2,(H,18,19)/p-1/t14-/m1/s1. The van der Waals surface area contributed by atoms with Crippen molar-refractivity contribution in [2.45, 2.75) is 17.4 Å². The highest BCUT2D eigenvalue weighted by atomic mass is 35.5. The average molecular weight is 339 g/mol. The van der Waals surface area contributed by atoms with E-state index < -0.39 is 28.5 Å². The highest BCUT2D eigenvalue weighted by molar-refractivity contribution is 7.89. The summed E-state index contributed by atoms with van der Waals surface area (Å²) in [6.45, 7) is 0. The lowest BCUT2D eigenvalue weighted by molar-refractivity contribution is -0.306. The number of hydrogen-bond acceptors (Lipinski definition) is 4. The number of sulfonamides is 1. The zero-order valence-electron chi connectivity index (χ0n) is 11.4. The van der Waals surface area contributed by atoms with E-state index in [1.54, 1.807) is 30.3 Å². The van der Waals surface area contributed by atoms with Gasteiger partial charge in [-0.25, -0.2) is 13.1 Å². The summed E-state index contributed by atoms with van der Waals surface area (Å²) in [5, 5.41) is 11.3. The fourth-order valence-electron chi connectivity index (χ4n) is 1.95. The summed E-state index contributed by atoms with van der Waals surface area (Å²) in [6.07, 6.45) is -0.461. The molecule has 5 nitrogen and oxygen atoms in total. The predicted octanol–water partition coefficient (Wildman–Crippen LogP) is 1.50. The molecule has 2 aromatic rings. The molecule has 0 fully saturated rings. The van der Waals surface area contributed by atoms with E-state index >= 15 is 0 Å². The SMILES string of the molecule is O=C([O-])C[C@@H](NS(=O)(=O)c1ccc(Cl)cc1)c1ccccc1. The van der Waals surface area contributed by atoms with Crippen LogP contribution in [0.5, 0.6) is 0 Å². The maximum Gasteiger partial charge on any atom is 0.241 e. The molecule has 0 heterocycles. The average Bonchev–Trinajstić information content (AvgIpc) is 2.47. The molecule has 1 N–H and O–H groups in total. The summed E-state index contributed by atoms with van der Waals surface area (Å²) in [5.41, 5.74) is 0.546. The maximum atomic E-state index is 12.3. The number of rotatable bonds is 6. The Hall–Kier alpha value is -1.89. The van der Waals surface area contributed by atoms with Gasteiger partial charge in [0, 0.05) is 17.4 Å². The van der Waals surface area contributed by atoms with Crippen LogP contribution >= 0.6 is 11.6 Å². The summed E-state index contributed by atoms with van der Waals surface area (Å²) < 4.78 is 27.1. The van der Waals surface area contributed by atoms with Crippen molar-refractivity contribution in [2.75, 3.05) is 0 Å². The summed E-state index contributed by atoms with van der Waals surface area (Å²) in [7, 11) is -3.87. The number of carboxylic acid groups (broad SMARTS) is 1. The molecule has 0 bridgehead atoms. The lowest BCUT2D eigenvalue weighted by atomic mass is 10.1. The maximum absolute atomic E-state index is 12.3. The molecule has 0 aliphatic rings. The molecule has 0 saturated carbocycles. The highest BCUT2D eigenvalue weighted by Gasteiger charge is 2.21. The largest absolute Gasteiger partial charge is 0.550 e. The Morgan fingerprint density at radius 1 is 1.09 bits per heavy atom. The zero-order valence-corrected chi connectivity index (χ0v) is 13.0. The molecule has 0 aliphatic carbocycles. The minimum atomic E-state index is -3.87. The number of nitrogens with one attached hydrogen (secondary N) is 1. The van der Waals surface area contributed by atoms with Crippen molar-refractivity contribution in [2.24, 2.45) is 0 Å². The first kappa shape index (κ1) is 16.5. The van der Waals surface area contributed by atoms with E-state index in [2.05, 4.69) is 4.72 Å². The van der Waals surface area contributed by atoms with E-state index in [0.29, 0.717) is 10.6 Å². The van der Waals surface area contributed by atoms with E-state index in [1.165, 1.54) is 24.3 Å². The topological polar surface area (TPSA) is 86.3 Å². The van der Waals surface area contributed by atoms with Gasteiger partial charge in [0.25, 0.3) is 0 Å². The minimum absolute atomic E-state index is 0.0104. The van der Waals surface area contributed by atoms with Gasteiger partial charge >= 0.3 is 0 Å². The Balaban J connectivity index is 2.30. The second kappa shape index (κ2) is 6.91. The summed E-state index contributed by atoms with van der Waals surface area (Å²) >= 11 is 5.73. The molecular weight excluding hydrogens is 326 g/mol. The smallest absolute Gasteiger partial charge is 0.241 e. The first-order valence-corrected chi connectivity index (χ1v) is 8.27. The number of carboxylic acids is 1. The summed E-state index contributed by atoms with van der Waals surface area (Å²) in [4.78, 5) is 10.9. The summed E-state index contributed by atoms with van der Waals surface area (Å²) in [6, 6.07) is 13.2. The molecule has 2 aromatic carbocycles. The Labute approximate surface area is 133 Å². The molecule has 1 atom stereocenters. The van der Waals surface area contributed by atoms with Gasteiger partial charge in [-0.05, 0) is 29.8 Å². The fourth-order valence-corrected chi connectivity index (χ4v) is 3.30. The van der Waals surface area contributed by atoms with Crippen molar-refractivity contribution in [1.29, 1.82) is 0 Å². The molecular formula is C15H13ClNO4S-. The van der Waals surface area contributed by atoms with Gasteiger partial charge in [0.2, 0.25) is 10.0 Å². The van der Waals surface area contributed by atoms with E-state index in [-0.39, 0.29) is 4.90 Å². The van der Waals surface area contributed by atoms with Crippen molar-refractivity contribution in [3.63, 3.8) is 0 Å². The lowest BCUT2D eigenvalue weighted by Gasteiger charge is -2.19. The minimum Gasteiger partial charge on any atom is -0.550 e. The van der Waals surface area contributed by atoms with Crippen molar-refractivity contribution in [1.82, 2.24) is 4.72 Å². The number of carbonyl (C=O) groups is 1. The Bertz CT molecular complexity index is 745. The molecule has 0 aliphatic heterocycles. The van der Waals surface area contributed by atoms with E-state index in [0.717, 1.165) is 0 Å². The molecule has 7 heteroatoms. The first-order chi connectivity index (χ1) is 10.4. The second-order valence-electron chi connectivity index (χ2n) is 4.61. The highest BCUT2D eigenvalue weighted by Crippen LogP contribution is 2.21. The Morgan fingerprint density at radius 3 is 2.23 bits per heavy atom. The molecule has 0 unspecified atom stereocenters. The van der Waals surface area contributed by atoms with Gasteiger partial charge in [-0.3, -0.25) is 0 Å². The van der Waals surface area contributed by atoms with Crippen LogP contribution in [0.1, 0.15) is 18.0 Å². The third-order valence-corrected chi connectivity index (χ3v) is 4.73. The van der Waals surface area contributed by atoms with Crippen molar-refractivity contribution in [3.8, 4) is 0 Å². The van der Waals surface area contributed by atoms with Gasteiger partial charge in [0.1, 0.15) is 0 Å². The Morgan fingerprint density at radius 2 is 1.68 bits per heavy atom. The second-order valence-corrected chi connectivity index (χ2v) is 6.77. The molecule has 116 valence electrons. The number of aliphatic carboxylic acids is 1. The fraction of sp³-hybridized carbons (Fsp3) is 0.133. The van der Waals surface area contributed by atoms with Crippen molar-refractivity contribution < 1.29 is 18.3 Å². The molecule has 2 rings (SSSR count). The van der Waals surface area contributed by atoms with Crippen LogP contribution in [0.25, 0.3) is 0 Å². The van der Waals surface area contributed by atoms with Crippen LogP contribution in [0.3, 0.4) is 0 Å². The van der Waals surface area contributed by atoms with E-state index in [4.69, 9.17) is 11.6 Å². The number of benzene rings is 2. The number of carbonyl (C=O) groups excluding carboxylic acids is 1. The van der Waals surface area contributed by atoms with Crippen molar-refractivity contribution in [3.05, 3.63) is 65.2 Å². The number of halogens is 1. The summed E-state index contributed by atoms with van der Waals surface area (Å²) in [5.74, 6) is -1.34. The molecule has 0 amide bonds. The molecule has 0 radical (unpaired) electrons. The van der Waals surface area contributed by atoms with Crippen LogP contribution in [0, 0.1) is 0 Å². The first-order valence-electron chi connectivity index (χ1n) is 6.41. The molecule has 0 spiro atoms. The quantitative estimate of drug-likeness (QED) is 0.864. The van der Waals surface area contributed by atoms with Crippen LogP contribution in [0.4, 0.5) is 0 Å². The third-order valence-electron chi connectivity index (χ3n) is 2.99. The van der Waals surface area contributed by atoms with E-state index in [1.807, 2.05) is 0 Å². The van der Waals surface area contributed by atoms with Crippen LogP contribution in [0.15, 0.2) is 59.5 Å². The predicted molar refractivity (Wildman–Crippen MR) is 80.6 cm³/mol. The normalized spacial score (nSPS) is 12.8. The Kier molecular flexibility index (Phi) is 5.18. The van der Waals surface area contributed by atoms with Crippen LogP contribution in [-0.4, -0.2) is 14.4 Å². The molecule has 0 saturated heterocycles. The van der Waals surface area contributed by atoms with E-state index in [9.17, 15) is 18.3 Å². The van der Waals surface area contributed by atoms with Gasteiger partial charge in [-0.15, -0.1) is 0 Å². The molecule has 0 aromatic heterocycles. The van der Waals surface area contributed by atoms with Crippen LogP contribution in [-0.2, 0) is 14.8 Å². The lowest BCUT2D eigenvalue weighted by Crippen LogP contribution is -2.34. The monoisotopic (exact) mass is 338 g/mol. The van der Waals surface area contributed by atoms with Crippen LogP contribution < -0.4 is 9.83 Å². The molecule has 22 heavy (non-hydrogen) atoms. The van der Waals surface area contributed by atoms with Gasteiger partial charge in [-0.1, -0.05) is 41.9 Å². The van der Waals surface area contributed by atoms with Crippen molar-refractivity contribution >= 4 is 27.6 Å². The van der Waals surface area contributed by atoms with Gasteiger partial charge in [0.05, 0.1) is 10.9 Å². The van der Waals surface area contributed by atoms with Gasteiger partial charge in [-0.2, -0.15) is 0 Å². The third kappa shape index (κ3) is 4.30. The van der Waals surface area contributed by atoms with Crippen LogP contribution in [0.2, 0.25) is 5.02 Å². The van der Waals surface area contributed by atoms with Gasteiger partial charge < -0.3 is 9.90 Å². The zero-order chi connectivity index (χ0) is 16.2. The number of hydrogen-bond donors (Lipinski definition) is 1. The van der Waals surface area contributed by atoms with Gasteiger partial charge in [0.15, 0.2) is 0 Å².